The summed E-state index contributed by atoms with van der Waals surface area (Å²) in [5.41, 5.74) is 9.33. The maximum absolute atomic E-state index is 5.62. The molecule has 0 unspecified atom stereocenters. The van der Waals surface area contributed by atoms with Crippen LogP contribution in [0.4, 0.5) is 0 Å². The van der Waals surface area contributed by atoms with E-state index >= 15 is 0 Å². The highest BCUT2D eigenvalue weighted by atomic mass is 32.1. The molecule has 1 heterocycles. The molecule has 0 amide bonds. The van der Waals surface area contributed by atoms with Crippen LogP contribution in [0.3, 0.4) is 0 Å². The minimum absolute atomic E-state index is 0.613. The van der Waals surface area contributed by atoms with Gasteiger partial charge in [0.15, 0.2) is 0 Å². The van der Waals surface area contributed by atoms with Crippen LogP contribution in [0.15, 0.2) is 23.7 Å². The Labute approximate surface area is 110 Å². The number of hydrogen-bond acceptors (Lipinski definition) is 5. The summed E-state index contributed by atoms with van der Waals surface area (Å²) in [5, 5.41) is 0. The van der Waals surface area contributed by atoms with Crippen LogP contribution in [0, 0.1) is 0 Å². The lowest BCUT2D eigenvalue weighted by Crippen LogP contribution is -2.02. The predicted molar refractivity (Wildman–Crippen MR) is 73.4 cm³/mol. The number of aromatic nitrogens is 1. The zero-order valence-corrected chi connectivity index (χ0v) is 11.3. The van der Waals surface area contributed by atoms with E-state index in [9.17, 15) is 0 Å². The number of rotatable bonds is 5. The Hall–Kier alpha value is -1.59. The van der Waals surface area contributed by atoms with Crippen LogP contribution in [0.5, 0.6) is 11.5 Å². The van der Waals surface area contributed by atoms with Gasteiger partial charge in [-0.1, -0.05) is 0 Å². The van der Waals surface area contributed by atoms with E-state index in [1.54, 1.807) is 25.6 Å². The van der Waals surface area contributed by atoms with Gasteiger partial charge < -0.3 is 15.2 Å². The first-order chi connectivity index (χ1) is 8.80. The zero-order chi connectivity index (χ0) is 13.0. The Bertz CT molecular complexity index is 525. The minimum atomic E-state index is 0.613. The van der Waals surface area contributed by atoms with Crippen LogP contribution in [0.2, 0.25) is 0 Å². The molecule has 0 fully saturated rings. The molecule has 0 aliphatic carbocycles. The van der Waals surface area contributed by atoms with Gasteiger partial charge in [-0.2, -0.15) is 0 Å². The fourth-order valence-corrected chi connectivity index (χ4v) is 2.59. The van der Waals surface area contributed by atoms with Crippen LogP contribution >= 0.6 is 11.3 Å². The van der Waals surface area contributed by atoms with Gasteiger partial charge in [-0.05, 0) is 31.2 Å². The van der Waals surface area contributed by atoms with Gasteiger partial charge in [0, 0.05) is 10.4 Å². The van der Waals surface area contributed by atoms with Crippen LogP contribution in [0.1, 0.15) is 4.88 Å². The Morgan fingerprint density at radius 1 is 1.28 bits per heavy atom. The smallest absolute Gasteiger partial charge is 0.128 e. The topological polar surface area (TPSA) is 57.4 Å². The monoisotopic (exact) mass is 264 g/mol. The molecule has 18 heavy (non-hydrogen) atoms. The van der Waals surface area contributed by atoms with Gasteiger partial charge in [0.05, 0.1) is 25.4 Å². The van der Waals surface area contributed by atoms with Gasteiger partial charge in [0.1, 0.15) is 11.5 Å². The molecule has 5 heteroatoms. The van der Waals surface area contributed by atoms with E-state index in [0.29, 0.717) is 6.54 Å². The molecule has 0 saturated heterocycles. The number of hydrogen-bond donors (Lipinski definition) is 1. The second-order valence-electron chi connectivity index (χ2n) is 3.73. The number of ether oxygens (including phenoxy) is 2. The van der Waals surface area contributed by atoms with E-state index in [-0.39, 0.29) is 0 Å². The van der Waals surface area contributed by atoms with Crippen molar-refractivity contribution < 1.29 is 9.47 Å². The van der Waals surface area contributed by atoms with Gasteiger partial charge in [-0.25, -0.2) is 4.98 Å². The summed E-state index contributed by atoms with van der Waals surface area (Å²) in [7, 11) is 3.30. The maximum atomic E-state index is 5.62. The largest absolute Gasteiger partial charge is 0.497 e. The molecule has 0 atom stereocenters. The van der Waals surface area contributed by atoms with Crippen molar-refractivity contribution in [3.05, 3.63) is 28.6 Å². The average Bonchev–Trinajstić information content (AvgIpc) is 2.86. The number of benzene rings is 1. The average molecular weight is 264 g/mol. The third-order valence-electron chi connectivity index (χ3n) is 2.67. The van der Waals surface area contributed by atoms with E-state index in [1.807, 2.05) is 23.7 Å². The lowest BCUT2D eigenvalue weighted by atomic mass is 10.1. The molecule has 1 aromatic carbocycles. The molecule has 2 N–H and O–H groups in total. The Balaban J connectivity index is 2.50. The Morgan fingerprint density at radius 2 is 2.11 bits per heavy atom. The molecule has 0 aliphatic rings. The van der Waals surface area contributed by atoms with E-state index < -0.39 is 0 Å². The van der Waals surface area contributed by atoms with Gasteiger partial charge in [0.25, 0.3) is 0 Å². The molecule has 0 spiro atoms. The molecule has 0 radical (unpaired) electrons. The quantitative estimate of drug-likeness (QED) is 0.900. The molecule has 2 aromatic rings. The lowest BCUT2D eigenvalue weighted by Gasteiger charge is -2.10. The van der Waals surface area contributed by atoms with Gasteiger partial charge in [-0.3, -0.25) is 0 Å². The summed E-state index contributed by atoms with van der Waals surface area (Å²) in [6, 6.07) is 5.70. The second-order valence-corrected chi connectivity index (χ2v) is 4.67. The van der Waals surface area contributed by atoms with Crippen LogP contribution in [-0.2, 0) is 6.42 Å². The van der Waals surface area contributed by atoms with Crippen molar-refractivity contribution in [3.8, 4) is 22.8 Å². The molecule has 0 bridgehead atoms. The van der Waals surface area contributed by atoms with Crippen LogP contribution in [-0.4, -0.2) is 25.7 Å². The first-order valence-electron chi connectivity index (χ1n) is 5.65. The number of nitrogens with zero attached hydrogens (tertiary/aromatic N) is 1. The highest BCUT2D eigenvalue weighted by Gasteiger charge is 2.14. The van der Waals surface area contributed by atoms with Crippen molar-refractivity contribution in [2.45, 2.75) is 6.42 Å². The Kier molecular flexibility index (Phi) is 4.17. The molecule has 4 nitrogen and oxygen atoms in total. The van der Waals surface area contributed by atoms with Gasteiger partial charge in [0.2, 0.25) is 0 Å². The van der Waals surface area contributed by atoms with Crippen LogP contribution in [0.25, 0.3) is 11.3 Å². The van der Waals surface area contributed by atoms with Gasteiger partial charge in [-0.15, -0.1) is 11.3 Å². The van der Waals surface area contributed by atoms with Crippen molar-refractivity contribution >= 4 is 11.3 Å². The van der Waals surface area contributed by atoms with Crippen molar-refractivity contribution in [3.63, 3.8) is 0 Å². The Morgan fingerprint density at radius 3 is 2.78 bits per heavy atom. The molecule has 96 valence electrons. The SMILES string of the molecule is COc1ccc(OC)c(-c2ncsc2CCN)c1. The highest BCUT2D eigenvalue weighted by Crippen LogP contribution is 2.35. The third kappa shape index (κ3) is 2.47. The van der Waals surface area contributed by atoms with E-state index in [0.717, 1.165) is 29.2 Å². The molecule has 0 saturated carbocycles. The molecule has 2 rings (SSSR count). The summed E-state index contributed by atoms with van der Waals surface area (Å²) in [5.74, 6) is 1.58. The van der Waals surface area contributed by atoms with Crippen LogP contribution < -0.4 is 15.2 Å². The maximum Gasteiger partial charge on any atom is 0.128 e. The first-order valence-corrected chi connectivity index (χ1v) is 6.53. The predicted octanol–water partition coefficient (Wildman–Crippen LogP) is 2.33. The van der Waals surface area contributed by atoms with Crippen molar-refractivity contribution in [1.29, 1.82) is 0 Å². The van der Waals surface area contributed by atoms with E-state index in [1.165, 1.54) is 4.88 Å². The number of thiazole rings is 1. The fourth-order valence-electron chi connectivity index (χ4n) is 1.80. The highest BCUT2D eigenvalue weighted by molar-refractivity contribution is 7.10. The normalized spacial score (nSPS) is 10.4. The molecule has 1 aromatic heterocycles. The standard InChI is InChI=1S/C13H16N2O2S/c1-16-9-3-4-11(17-2)10(7-9)13-12(5-6-14)18-8-15-13/h3-4,7-8H,5-6,14H2,1-2H3. The zero-order valence-electron chi connectivity index (χ0n) is 10.5. The van der Waals surface area contributed by atoms with E-state index in [2.05, 4.69) is 4.98 Å². The van der Waals surface area contributed by atoms with Crippen molar-refractivity contribution in [2.75, 3.05) is 20.8 Å². The minimum Gasteiger partial charge on any atom is -0.497 e. The molecule has 0 aliphatic heterocycles. The second kappa shape index (κ2) is 5.84. The summed E-state index contributed by atoms with van der Waals surface area (Å²) in [4.78, 5) is 5.59. The van der Waals surface area contributed by atoms with E-state index in [4.69, 9.17) is 15.2 Å². The summed E-state index contributed by atoms with van der Waals surface area (Å²) in [6.07, 6.45) is 0.820. The summed E-state index contributed by atoms with van der Waals surface area (Å²) >= 11 is 1.61. The number of methoxy groups -OCH3 is 2. The van der Waals surface area contributed by atoms with Crippen molar-refractivity contribution in [2.24, 2.45) is 5.73 Å². The fraction of sp³-hybridized carbons (Fsp3) is 0.308. The third-order valence-corrected chi connectivity index (χ3v) is 3.57. The molecular formula is C13H16N2O2S. The summed E-state index contributed by atoms with van der Waals surface area (Å²) < 4.78 is 10.6. The lowest BCUT2D eigenvalue weighted by molar-refractivity contribution is 0.404. The first kappa shape index (κ1) is 12.9. The molecular weight excluding hydrogens is 248 g/mol. The van der Waals surface area contributed by atoms with Crippen molar-refractivity contribution in [1.82, 2.24) is 4.98 Å². The number of nitrogens with two attached hydrogens (primary N) is 1. The summed E-state index contributed by atoms with van der Waals surface area (Å²) in [6.45, 7) is 0.613. The van der Waals surface area contributed by atoms with Gasteiger partial charge >= 0.3 is 0 Å².